The van der Waals surface area contributed by atoms with E-state index in [1.807, 2.05) is 18.0 Å². The highest BCUT2D eigenvalue weighted by molar-refractivity contribution is 7.99. The molecule has 0 aliphatic heterocycles. The first kappa shape index (κ1) is 14.9. The molecular formula is C16H26N2S. The van der Waals surface area contributed by atoms with Crippen LogP contribution in [0, 0.1) is 5.92 Å². The summed E-state index contributed by atoms with van der Waals surface area (Å²) in [5.74, 6) is 0.886. The molecule has 1 N–H and O–H groups in total. The molecule has 0 radical (unpaired) electrons. The van der Waals surface area contributed by atoms with E-state index in [4.69, 9.17) is 0 Å². The van der Waals surface area contributed by atoms with Gasteiger partial charge in [-0.15, -0.1) is 11.8 Å². The smallest absolute Gasteiger partial charge is 0.101 e. The SMILES string of the molecule is CCCNCc1cccnc1SC1CCCC(C)C1. The molecule has 1 aliphatic carbocycles. The van der Waals surface area contributed by atoms with Crippen LogP contribution in [0.25, 0.3) is 0 Å². The Morgan fingerprint density at radius 3 is 3.11 bits per heavy atom. The average molecular weight is 278 g/mol. The van der Waals surface area contributed by atoms with Crippen LogP contribution in [0.1, 0.15) is 51.5 Å². The van der Waals surface area contributed by atoms with Crippen molar-refractivity contribution in [3.63, 3.8) is 0 Å². The second kappa shape index (κ2) is 7.91. The Hall–Kier alpha value is -0.540. The fourth-order valence-corrected chi connectivity index (χ4v) is 4.15. The third-order valence-corrected chi connectivity index (χ3v) is 5.11. The van der Waals surface area contributed by atoms with Gasteiger partial charge in [0.1, 0.15) is 5.03 Å². The van der Waals surface area contributed by atoms with Crippen LogP contribution in [0.3, 0.4) is 0 Å². The third-order valence-electron chi connectivity index (χ3n) is 3.76. The zero-order valence-electron chi connectivity index (χ0n) is 12.2. The van der Waals surface area contributed by atoms with E-state index in [1.165, 1.54) is 42.7 Å². The van der Waals surface area contributed by atoms with Crippen molar-refractivity contribution in [2.24, 2.45) is 5.92 Å². The first-order valence-corrected chi connectivity index (χ1v) is 8.48. The summed E-state index contributed by atoms with van der Waals surface area (Å²) in [5, 5.41) is 5.49. The molecule has 1 aromatic heterocycles. The van der Waals surface area contributed by atoms with Crippen LogP contribution in [0.2, 0.25) is 0 Å². The molecule has 2 atom stereocenters. The molecule has 1 aromatic rings. The van der Waals surface area contributed by atoms with E-state index < -0.39 is 0 Å². The van der Waals surface area contributed by atoms with Crippen LogP contribution in [-0.2, 0) is 6.54 Å². The largest absolute Gasteiger partial charge is 0.313 e. The Bertz CT molecular complexity index is 381. The lowest BCUT2D eigenvalue weighted by Gasteiger charge is -2.26. The molecule has 3 heteroatoms. The minimum atomic E-state index is 0.767. The second-order valence-corrected chi connectivity index (χ2v) is 6.95. The zero-order chi connectivity index (χ0) is 13.5. The lowest BCUT2D eigenvalue weighted by Crippen LogP contribution is -2.17. The molecule has 1 saturated carbocycles. The number of hydrogen-bond donors (Lipinski definition) is 1. The molecule has 2 nitrogen and oxygen atoms in total. The molecule has 2 unspecified atom stereocenters. The van der Waals surface area contributed by atoms with Crippen LogP contribution in [0.5, 0.6) is 0 Å². The normalized spacial score (nSPS) is 23.5. The number of thioether (sulfide) groups is 1. The van der Waals surface area contributed by atoms with E-state index in [1.54, 1.807) is 0 Å². The first-order valence-electron chi connectivity index (χ1n) is 7.61. The van der Waals surface area contributed by atoms with Crippen molar-refractivity contribution in [2.75, 3.05) is 6.54 Å². The van der Waals surface area contributed by atoms with E-state index in [-0.39, 0.29) is 0 Å². The van der Waals surface area contributed by atoms with Gasteiger partial charge in [0.05, 0.1) is 0 Å². The van der Waals surface area contributed by atoms with E-state index >= 15 is 0 Å². The quantitative estimate of drug-likeness (QED) is 0.787. The van der Waals surface area contributed by atoms with Crippen LogP contribution >= 0.6 is 11.8 Å². The van der Waals surface area contributed by atoms with Crippen molar-refractivity contribution in [1.29, 1.82) is 0 Å². The number of hydrogen-bond acceptors (Lipinski definition) is 3. The second-order valence-electron chi connectivity index (χ2n) is 5.66. The Kier molecular flexibility index (Phi) is 6.18. The predicted octanol–water partition coefficient (Wildman–Crippen LogP) is 4.25. The van der Waals surface area contributed by atoms with Crippen LogP contribution in [-0.4, -0.2) is 16.8 Å². The summed E-state index contributed by atoms with van der Waals surface area (Å²) in [5.41, 5.74) is 1.36. The number of rotatable bonds is 6. The summed E-state index contributed by atoms with van der Waals surface area (Å²) in [4.78, 5) is 4.60. The van der Waals surface area contributed by atoms with Crippen molar-refractivity contribution in [3.8, 4) is 0 Å². The molecule has 1 heterocycles. The standard InChI is InChI=1S/C16H26N2S/c1-3-9-17-12-14-7-5-10-18-16(14)19-15-8-4-6-13(2)11-15/h5,7,10,13,15,17H,3-4,6,8-9,11-12H2,1-2H3. The van der Waals surface area contributed by atoms with E-state index in [0.29, 0.717) is 0 Å². The minimum absolute atomic E-state index is 0.767. The summed E-state index contributed by atoms with van der Waals surface area (Å²) in [6.07, 6.45) is 8.61. The Morgan fingerprint density at radius 1 is 1.42 bits per heavy atom. The predicted molar refractivity (Wildman–Crippen MR) is 83.5 cm³/mol. The van der Waals surface area contributed by atoms with Gasteiger partial charge in [0.25, 0.3) is 0 Å². The van der Waals surface area contributed by atoms with Gasteiger partial charge in [0, 0.05) is 18.0 Å². The van der Waals surface area contributed by atoms with Gasteiger partial charge in [-0.2, -0.15) is 0 Å². The van der Waals surface area contributed by atoms with Crippen LogP contribution in [0.4, 0.5) is 0 Å². The molecule has 106 valence electrons. The molecule has 0 aromatic carbocycles. The lowest BCUT2D eigenvalue weighted by molar-refractivity contribution is 0.394. The van der Waals surface area contributed by atoms with Gasteiger partial charge in [0.15, 0.2) is 0 Å². The van der Waals surface area contributed by atoms with Gasteiger partial charge in [-0.25, -0.2) is 4.98 Å². The van der Waals surface area contributed by atoms with Crippen molar-refractivity contribution in [2.45, 2.75) is 62.8 Å². The third kappa shape index (κ3) is 4.81. The highest BCUT2D eigenvalue weighted by Gasteiger charge is 2.21. The Labute approximate surface area is 121 Å². The molecule has 0 amide bonds. The number of aromatic nitrogens is 1. The van der Waals surface area contributed by atoms with Crippen molar-refractivity contribution in [1.82, 2.24) is 10.3 Å². The van der Waals surface area contributed by atoms with Gasteiger partial charge in [-0.1, -0.05) is 32.8 Å². The van der Waals surface area contributed by atoms with Crippen molar-refractivity contribution < 1.29 is 0 Å². The fraction of sp³-hybridized carbons (Fsp3) is 0.688. The molecule has 1 aliphatic rings. The monoisotopic (exact) mass is 278 g/mol. The molecule has 1 fully saturated rings. The molecule has 0 bridgehead atoms. The van der Waals surface area contributed by atoms with Crippen molar-refractivity contribution >= 4 is 11.8 Å². The van der Waals surface area contributed by atoms with Gasteiger partial charge in [-0.05, 0) is 43.4 Å². The fourth-order valence-electron chi connectivity index (χ4n) is 2.71. The average Bonchev–Trinajstić information content (AvgIpc) is 2.41. The maximum absolute atomic E-state index is 4.60. The summed E-state index contributed by atoms with van der Waals surface area (Å²) >= 11 is 2.00. The molecule has 2 rings (SSSR count). The summed E-state index contributed by atoms with van der Waals surface area (Å²) in [6.45, 7) is 6.62. The van der Waals surface area contributed by atoms with Crippen molar-refractivity contribution in [3.05, 3.63) is 23.9 Å². The van der Waals surface area contributed by atoms with Gasteiger partial charge >= 0.3 is 0 Å². The topological polar surface area (TPSA) is 24.9 Å². The van der Waals surface area contributed by atoms with E-state index in [2.05, 4.69) is 36.3 Å². The lowest BCUT2D eigenvalue weighted by atomic mass is 9.91. The molecule has 0 saturated heterocycles. The van der Waals surface area contributed by atoms with Crippen LogP contribution in [0.15, 0.2) is 23.4 Å². The Balaban J connectivity index is 1.94. The summed E-state index contributed by atoms with van der Waals surface area (Å²) in [7, 11) is 0. The highest BCUT2D eigenvalue weighted by atomic mass is 32.2. The van der Waals surface area contributed by atoms with Gasteiger partial charge in [0.2, 0.25) is 0 Å². The Morgan fingerprint density at radius 2 is 2.32 bits per heavy atom. The summed E-state index contributed by atoms with van der Waals surface area (Å²) in [6, 6.07) is 4.26. The van der Waals surface area contributed by atoms with E-state index in [0.717, 1.165) is 24.3 Å². The first-order chi connectivity index (χ1) is 9.29. The maximum Gasteiger partial charge on any atom is 0.101 e. The molecule has 19 heavy (non-hydrogen) atoms. The maximum atomic E-state index is 4.60. The van der Waals surface area contributed by atoms with Gasteiger partial charge < -0.3 is 5.32 Å². The van der Waals surface area contributed by atoms with Gasteiger partial charge in [-0.3, -0.25) is 0 Å². The number of nitrogens with zero attached hydrogens (tertiary/aromatic N) is 1. The molecular weight excluding hydrogens is 252 g/mol. The highest BCUT2D eigenvalue weighted by Crippen LogP contribution is 2.36. The minimum Gasteiger partial charge on any atom is -0.313 e. The number of nitrogens with one attached hydrogen (secondary N) is 1. The summed E-state index contributed by atoms with van der Waals surface area (Å²) < 4.78 is 0. The molecule has 0 spiro atoms. The van der Waals surface area contributed by atoms with Crippen LogP contribution < -0.4 is 5.32 Å². The van der Waals surface area contributed by atoms with E-state index in [9.17, 15) is 0 Å². The zero-order valence-corrected chi connectivity index (χ0v) is 13.0. The number of pyridine rings is 1.